The van der Waals surface area contributed by atoms with E-state index in [-0.39, 0.29) is 29.2 Å². The van der Waals surface area contributed by atoms with E-state index >= 15 is 0 Å². The van der Waals surface area contributed by atoms with Crippen LogP contribution in [-0.4, -0.2) is 24.8 Å². The van der Waals surface area contributed by atoms with E-state index in [0.29, 0.717) is 13.0 Å². The summed E-state index contributed by atoms with van der Waals surface area (Å²) in [6, 6.07) is 22.4. The quantitative estimate of drug-likeness (QED) is 0.293. The van der Waals surface area contributed by atoms with Gasteiger partial charge in [-0.2, -0.15) is 13.2 Å². The molecule has 0 fully saturated rings. The van der Waals surface area contributed by atoms with Crippen molar-refractivity contribution in [3.63, 3.8) is 0 Å². The van der Waals surface area contributed by atoms with Crippen LogP contribution in [0.5, 0.6) is 0 Å². The normalized spacial score (nSPS) is 13.1. The van der Waals surface area contributed by atoms with Crippen LogP contribution in [0.2, 0.25) is 0 Å². The minimum Gasteiger partial charge on any atom is -0.449 e. The number of benzene rings is 3. The number of amides is 1. The van der Waals surface area contributed by atoms with E-state index in [1.165, 1.54) is 23.3 Å². The molecule has 1 N–H and O–H groups in total. The maximum Gasteiger partial charge on any atom is 0.446 e. The summed E-state index contributed by atoms with van der Waals surface area (Å²) in [6.45, 7) is 0.660. The van der Waals surface area contributed by atoms with Gasteiger partial charge in [0.05, 0.1) is 0 Å². The molecule has 0 radical (unpaired) electrons. The zero-order valence-electron chi connectivity index (χ0n) is 17.6. The predicted octanol–water partition coefficient (Wildman–Crippen LogP) is 7.24. The topological polar surface area (TPSA) is 38.3 Å². The van der Waals surface area contributed by atoms with E-state index in [1.54, 1.807) is 18.2 Å². The standard InChI is InChI=1S/C26H22F3NO2S/c27-26(28,29)33-19-14-12-18(13-15-19)7-5-6-16-30-25(31)32-17-24-22-10-3-1-8-20(22)21-9-2-4-11-23(21)24/h1-5,7-15,24H,6,16-17H2,(H,30,31). The van der Waals surface area contributed by atoms with Gasteiger partial charge in [-0.1, -0.05) is 72.8 Å². The van der Waals surface area contributed by atoms with Crippen LogP contribution in [0.4, 0.5) is 18.0 Å². The highest BCUT2D eigenvalue weighted by atomic mass is 32.2. The summed E-state index contributed by atoms with van der Waals surface area (Å²) in [5.74, 6) is 0.0153. The number of carbonyl (C=O) groups excluding carboxylic acids is 1. The highest BCUT2D eigenvalue weighted by Crippen LogP contribution is 2.44. The lowest BCUT2D eigenvalue weighted by molar-refractivity contribution is -0.0328. The Morgan fingerprint density at radius 1 is 0.939 bits per heavy atom. The number of hydrogen-bond acceptors (Lipinski definition) is 3. The Balaban J connectivity index is 1.22. The van der Waals surface area contributed by atoms with Crippen molar-refractivity contribution in [3.8, 4) is 11.1 Å². The second kappa shape index (κ2) is 10.2. The average molecular weight is 470 g/mol. The molecule has 0 bridgehead atoms. The number of thioether (sulfide) groups is 1. The minimum atomic E-state index is -4.29. The molecule has 4 rings (SSSR count). The summed E-state index contributed by atoms with van der Waals surface area (Å²) in [5.41, 5.74) is 1.18. The van der Waals surface area contributed by atoms with Crippen molar-refractivity contribution in [2.45, 2.75) is 22.7 Å². The molecule has 0 heterocycles. The molecule has 33 heavy (non-hydrogen) atoms. The number of ether oxygens (including phenoxy) is 1. The fraction of sp³-hybridized carbons (Fsp3) is 0.192. The van der Waals surface area contributed by atoms with E-state index in [1.807, 2.05) is 30.3 Å². The number of fused-ring (bicyclic) bond motifs is 3. The van der Waals surface area contributed by atoms with E-state index in [0.717, 1.165) is 16.7 Å². The number of nitrogens with one attached hydrogen (secondary N) is 1. The van der Waals surface area contributed by atoms with Gasteiger partial charge >= 0.3 is 11.6 Å². The third-order valence-electron chi connectivity index (χ3n) is 5.35. The van der Waals surface area contributed by atoms with Crippen molar-refractivity contribution < 1.29 is 22.7 Å². The Morgan fingerprint density at radius 2 is 1.55 bits per heavy atom. The van der Waals surface area contributed by atoms with Gasteiger partial charge < -0.3 is 10.1 Å². The molecule has 3 nitrogen and oxygen atoms in total. The minimum absolute atomic E-state index is 0.0153. The van der Waals surface area contributed by atoms with Gasteiger partial charge in [-0.05, 0) is 58.1 Å². The highest BCUT2D eigenvalue weighted by Gasteiger charge is 2.29. The molecule has 1 amide bonds. The third-order valence-corrected chi connectivity index (χ3v) is 6.09. The average Bonchev–Trinajstić information content (AvgIpc) is 3.11. The van der Waals surface area contributed by atoms with Crippen LogP contribution in [0.3, 0.4) is 0 Å². The largest absolute Gasteiger partial charge is 0.449 e. The van der Waals surface area contributed by atoms with Gasteiger partial charge in [0.25, 0.3) is 0 Å². The van der Waals surface area contributed by atoms with Crippen molar-refractivity contribution in [2.75, 3.05) is 13.2 Å². The number of alkyl halides is 3. The van der Waals surface area contributed by atoms with Crippen LogP contribution in [0.1, 0.15) is 29.0 Å². The van der Waals surface area contributed by atoms with Gasteiger partial charge in [-0.3, -0.25) is 0 Å². The highest BCUT2D eigenvalue weighted by molar-refractivity contribution is 8.00. The predicted molar refractivity (Wildman–Crippen MR) is 125 cm³/mol. The number of hydrogen-bond donors (Lipinski definition) is 1. The van der Waals surface area contributed by atoms with Crippen molar-refractivity contribution >= 4 is 23.9 Å². The maximum atomic E-state index is 12.4. The molecule has 3 aromatic rings. The summed E-state index contributed by atoms with van der Waals surface area (Å²) in [6.07, 6.45) is 3.76. The SMILES string of the molecule is O=C(NCCC=Cc1ccc(SC(F)(F)F)cc1)OCC1c2ccccc2-c2ccccc21. The van der Waals surface area contributed by atoms with Crippen molar-refractivity contribution in [3.05, 3.63) is 95.6 Å². The molecule has 170 valence electrons. The molecule has 0 saturated carbocycles. The Hall–Kier alpha value is -3.19. The number of carbonyl (C=O) groups is 1. The fourth-order valence-corrected chi connectivity index (χ4v) is 4.45. The molecule has 0 atom stereocenters. The molecular weight excluding hydrogens is 447 g/mol. The zero-order chi connectivity index (χ0) is 23.3. The van der Waals surface area contributed by atoms with Crippen molar-refractivity contribution in [1.82, 2.24) is 5.32 Å². The van der Waals surface area contributed by atoms with E-state index in [2.05, 4.69) is 29.6 Å². The maximum absolute atomic E-state index is 12.4. The molecular formula is C26H22F3NO2S. The zero-order valence-corrected chi connectivity index (χ0v) is 18.5. The van der Waals surface area contributed by atoms with Gasteiger partial charge in [0.15, 0.2) is 0 Å². The van der Waals surface area contributed by atoms with Gasteiger partial charge in [0.1, 0.15) is 6.61 Å². The van der Waals surface area contributed by atoms with Crippen LogP contribution in [0.15, 0.2) is 83.8 Å². The summed E-state index contributed by atoms with van der Waals surface area (Å²) in [7, 11) is 0. The first-order chi connectivity index (χ1) is 15.9. The molecule has 3 aromatic carbocycles. The second-order valence-electron chi connectivity index (χ2n) is 7.56. The Morgan fingerprint density at radius 3 is 2.15 bits per heavy atom. The Kier molecular flexibility index (Phi) is 7.08. The lowest BCUT2D eigenvalue weighted by Crippen LogP contribution is -2.26. The molecule has 1 aliphatic carbocycles. The fourth-order valence-electron chi connectivity index (χ4n) is 3.91. The third kappa shape index (κ3) is 5.99. The Labute approximate surface area is 194 Å². The van der Waals surface area contributed by atoms with E-state index in [9.17, 15) is 18.0 Å². The van der Waals surface area contributed by atoms with Crippen LogP contribution < -0.4 is 5.32 Å². The van der Waals surface area contributed by atoms with Crippen LogP contribution in [-0.2, 0) is 4.74 Å². The molecule has 7 heteroatoms. The molecule has 0 unspecified atom stereocenters. The first-order valence-electron chi connectivity index (χ1n) is 10.5. The summed E-state index contributed by atoms with van der Waals surface area (Å²) >= 11 is -0.135. The second-order valence-corrected chi connectivity index (χ2v) is 8.70. The van der Waals surface area contributed by atoms with Crippen LogP contribution in [0, 0.1) is 0 Å². The molecule has 0 aliphatic heterocycles. The molecule has 0 aromatic heterocycles. The van der Waals surface area contributed by atoms with Gasteiger partial charge in [0, 0.05) is 17.4 Å². The summed E-state index contributed by atoms with van der Waals surface area (Å²) < 4.78 is 42.6. The van der Waals surface area contributed by atoms with Crippen molar-refractivity contribution in [1.29, 1.82) is 0 Å². The Bertz CT molecular complexity index is 1100. The first kappa shape index (κ1) is 23.0. The molecule has 1 aliphatic rings. The lowest BCUT2D eigenvalue weighted by Gasteiger charge is -2.14. The van der Waals surface area contributed by atoms with Crippen LogP contribution in [0.25, 0.3) is 17.2 Å². The van der Waals surface area contributed by atoms with E-state index < -0.39 is 11.6 Å². The van der Waals surface area contributed by atoms with Crippen molar-refractivity contribution in [2.24, 2.45) is 0 Å². The smallest absolute Gasteiger partial charge is 0.446 e. The van der Waals surface area contributed by atoms with Gasteiger partial charge in [-0.15, -0.1) is 0 Å². The first-order valence-corrected chi connectivity index (χ1v) is 11.3. The van der Waals surface area contributed by atoms with Gasteiger partial charge in [0.2, 0.25) is 0 Å². The number of rotatable bonds is 7. The molecule has 0 spiro atoms. The monoisotopic (exact) mass is 469 g/mol. The summed E-state index contributed by atoms with van der Waals surface area (Å²) in [4.78, 5) is 12.3. The lowest BCUT2D eigenvalue weighted by atomic mass is 9.98. The number of alkyl carbamates (subject to hydrolysis) is 1. The number of halogens is 3. The van der Waals surface area contributed by atoms with Gasteiger partial charge in [-0.25, -0.2) is 4.79 Å². The summed E-state index contributed by atoms with van der Waals surface area (Å²) in [5, 5.41) is 2.73. The molecule has 0 saturated heterocycles. The van der Waals surface area contributed by atoms with Crippen LogP contribution >= 0.6 is 11.8 Å². The van der Waals surface area contributed by atoms with E-state index in [4.69, 9.17) is 4.74 Å².